The summed E-state index contributed by atoms with van der Waals surface area (Å²) in [7, 11) is 0. The summed E-state index contributed by atoms with van der Waals surface area (Å²) in [5, 5.41) is 6.32. The van der Waals surface area contributed by atoms with Gasteiger partial charge in [0.1, 0.15) is 11.4 Å². The van der Waals surface area contributed by atoms with E-state index in [2.05, 4.69) is 10.4 Å². The molecule has 320 valence electrons. The number of rotatable bonds is 6. The third-order valence-corrected chi connectivity index (χ3v) is 15.1. The lowest BCUT2D eigenvalue weighted by Crippen LogP contribution is -2.49. The number of aryl methyl sites for hydroxylation is 4. The van der Waals surface area contributed by atoms with Gasteiger partial charge in [0, 0.05) is 41.8 Å². The van der Waals surface area contributed by atoms with Gasteiger partial charge in [0.15, 0.2) is 0 Å². The lowest BCUT2D eigenvalue weighted by molar-refractivity contribution is -0.254. The van der Waals surface area contributed by atoms with E-state index >= 15 is 26.3 Å². The van der Waals surface area contributed by atoms with E-state index < -0.39 is 45.5 Å². The van der Waals surface area contributed by atoms with Crippen molar-refractivity contribution in [1.82, 2.24) is 0 Å². The first-order chi connectivity index (χ1) is 28.8. The van der Waals surface area contributed by atoms with Crippen LogP contribution < -0.4 is 0 Å². The average Bonchev–Trinajstić information content (AvgIpc) is 3.83. The zero-order valence-corrected chi connectivity index (χ0v) is 37.5. The van der Waals surface area contributed by atoms with E-state index in [4.69, 9.17) is 0 Å². The molecule has 0 saturated carbocycles. The molecule has 8 rings (SSSR count). The maximum Gasteiger partial charge on any atom is 0.380 e. The summed E-state index contributed by atoms with van der Waals surface area (Å²) in [5.74, 6) is -16.4. The zero-order valence-electron chi connectivity index (χ0n) is 35.9. The van der Waals surface area contributed by atoms with Gasteiger partial charge in [0.05, 0.1) is 5.41 Å². The largest absolute Gasteiger partial charge is 0.380 e. The fourth-order valence-corrected chi connectivity index (χ4v) is 12.0. The van der Waals surface area contributed by atoms with Crippen molar-refractivity contribution in [3.05, 3.63) is 160 Å². The van der Waals surface area contributed by atoms with Gasteiger partial charge in [-0.1, -0.05) is 90.1 Å². The van der Waals surface area contributed by atoms with Crippen LogP contribution in [0.3, 0.4) is 0 Å². The Morgan fingerprint density at radius 3 is 1.06 bits per heavy atom. The van der Waals surface area contributed by atoms with Crippen molar-refractivity contribution in [3.63, 3.8) is 0 Å². The first kappa shape index (κ1) is 43.4. The van der Waals surface area contributed by atoms with Crippen LogP contribution in [0.2, 0.25) is 0 Å². The van der Waals surface area contributed by atoms with Crippen molar-refractivity contribution in [1.29, 1.82) is 0 Å². The maximum absolute atomic E-state index is 16.9. The summed E-state index contributed by atoms with van der Waals surface area (Å²) in [6.07, 6.45) is 0. The van der Waals surface area contributed by atoms with Crippen LogP contribution in [0, 0.1) is 37.5 Å². The number of nitrogens with zero attached hydrogens (tertiary/aromatic N) is 2. The number of hydrogen-bond acceptors (Lipinski definition) is 6. The van der Waals surface area contributed by atoms with Crippen molar-refractivity contribution in [3.8, 4) is 20.9 Å². The van der Waals surface area contributed by atoms with Crippen molar-refractivity contribution in [2.75, 3.05) is 0 Å². The van der Waals surface area contributed by atoms with Crippen LogP contribution in [0.1, 0.15) is 107 Å². The molecule has 4 nitrogen and oxygen atoms in total. The minimum absolute atomic E-state index is 0.160. The topological polar surface area (TPSA) is 58.9 Å². The molecule has 2 aromatic heterocycles. The standard InChI is InChI=1S/C50H44F6N2O2S2/c1-25-19-29(20-26(2)41(25)57-59)37-23-35-39-40(49(53,54)50(55,56)48(39,51)52)36-24-38(30-21-27(3)42(58-60)28(4)22-30)62-44(36)47(43(35)61-37,33-15-11-31(12-16-33)45(5,6)7)34-17-13-32(14-18-34)46(8,9)10/h11-24H,1-10H3. The van der Waals surface area contributed by atoms with Crippen LogP contribution in [0.15, 0.2) is 95.3 Å². The first-order valence-electron chi connectivity index (χ1n) is 20.1. The first-order valence-corrected chi connectivity index (χ1v) is 21.8. The second-order valence-electron chi connectivity index (χ2n) is 18.7. The SMILES string of the molecule is Cc1cc(-c2cc3c(s2)C(c2ccc(C(C)(C)C)cc2)(c2ccc(C(C)(C)C)cc2)c2sc(-c4cc(C)c(N=O)c(C)c4)cc2C2=C3C(F)(F)C(F)(F)C2(F)F)cc(C)c1N=O. The molecule has 0 N–H and O–H groups in total. The Morgan fingerprint density at radius 1 is 0.484 bits per heavy atom. The molecule has 0 amide bonds. The number of hydrogen-bond donors (Lipinski definition) is 0. The number of benzene rings is 4. The minimum atomic E-state index is -5.79. The Morgan fingerprint density at radius 2 is 0.790 bits per heavy atom. The van der Waals surface area contributed by atoms with Gasteiger partial charge in [-0.2, -0.15) is 26.3 Å². The van der Waals surface area contributed by atoms with Crippen LogP contribution in [0.4, 0.5) is 37.7 Å². The zero-order chi connectivity index (χ0) is 45.3. The molecule has 0 saturated heterocycles. The van der Waals surface area contributed by atoms with Gasteiger partial charge in [-0.05, 0) is 141 Å². The van der Waals surface area contributed by atoms with Crippen LogP contribution in [0.25, 0.3) is 32.0 Å². The molecular formula is C50H44F6N2O2S2. The molecule has 12 heteroatoms. The fraction of sp³-hybridized carbons (Fsp3) is 0.320. The Kier molecular flexibility index (Phi) is 9.92. The van der Waals surface area contributed by atoms with Gasteiger partial charge in [-0.3, -0.25) is 0 Å². The van der Waals surface area contributed by atoms with E-state index in [9.17, 15) is 9.81 Å². The van der Waals surface area contributed by atoms with Crippen molar-refractivity contribution in [2.45, 2.75) is 103 Å². The molecule has 62 heavy (non-hydrogen) atoms. The molecule has 2 aliphatic carbocycles. The number of fused-ring (bicyclic) bond motifs is 4. The highest BCUT2D eigenvalue weighted by Crippen LogP contribution is 2.70. The normalized spacial score (nSPS) is 17.3. The second-order valence-corrected chi connectivity index (χ2v) is 20.8. The van der Waals surface area contributed by atoms with E-state index in [1.807, 2.05) is 90.1 Å². The Hall–Kier alpha value is -5.20. The van der Waals surface area contributed by atoms with Gasteiger partial charge < -0.3 is 0 Å². The van der Waals surface area contributed by atoms with Crippen LogP contribution in [0.5, 0.6) is 0 Å². The lowest BCUT2D eigenvalue weighted by Gasteiger charge is -2.37. The molecule has 0 radical (unpaired) electrons. The number of nitroso groups, excluding NO2 is 2. The summed E-state index contributed by atoms with van der Waals surface area (Å²) in [4.78, 5) is 24.6. The summed E-state index contributed by atoms with van der Waals surface area (Å²) in [6, 6.07) is 24.6. The highest BCUT2D eigenvalue weighted by atomic mass is 32.1. The number of halogens is 6. The predicted molar refractivity (Wildman–Crippen MR) is 240 cm³/mol. The highest BCUT2D eigenvalue weighted by molar-refractivity contribution is 7.18. The molecule has 0 atom stereocenters. The Balaban J connectivity index is 1.61. The molecule has 0 fully saturated rings. The highest BCUT2D eigenvalue weighted by Gasteiger charge is 2.81. The second kappa shape index (κ2) is 14.2. The maximum atomic E-state index is 16.9. The van der Waals surface area contributed by atoms with Gasteiger partial charge >= 0.3 is 17.8 Å². The smallest absolute Gasteiger partial charge is 0.194 e. The summed E-state index contributed by atoms with van der Waals surface area (Å²) in [6.45, 7) is 19.0. The summed E-state index contributed by atoms with van der Waals surface area (Å²) in [5.41, 5.74) is 0.448. The van der Waals surface area contributed by atoms with E-state index in [1.54, 1.807) is 52.0 Å². The molecule has 0 unspecified atom stereocenters. The minimum Gasteiger partial charge on any atom is -0.194 e. The van der Waals surface area contributed by atoms with E-state index in [-0.39, 0.29) is 32.0 Å². The van der Waals surface area contributed by atoms with E-state index in [1.165, 1.54) is 12.1 Å². The quantitative estimate of drug-likeness (QED) is 0.124. The fourth-order valence-electron chi connectivity index (χ4n) is 9.15. The van der Waals surface area contributed by atoms with Gasteiger partial charge in [-0.15, -0.1) is 32.5 Å². The monoisotopic (exact) mass is 882 g/mol. The van der Waals surface area contributed by atoms with E-state index in [0.29, 0.717) is 54.3 Å². The number of alkyl halides is 6. The third kappa shape index (κ3) is 6.13. The van der Waals surface area contributed by atoms with E-state index in [0.717, 1.165) is 33.8 Å². The molecule has 0 spiro atoms. The van der Waals surface area contributed by atoms with Crippen LogP contribution in [-0.4, -0.2) is 17.8 Å². The van der Waals surface area contributed by atoms with Gasteiger partial charge in [0.25, 0.3) is 0 Å². The van der Waals surface area contributed by atoms with Crippen LogP contribution in [-0.2, 0) is 16.2 Å². The summed E-state index contributed by atoms with van der Waals surface area (Å²) >= 11 is 2.14. The molecule has 0 bridgehead atoms. The Bertz CT molecular complexity index is 2630. The summed E-state index contributed by atoms with van der Waals surface area (Å²) < 4.78 is 99.9. The van der Waals surface area contributed by atoms with Crippen molar-refractivity contribution >= 4 is 45.2 Å². The molecule has 6 aromatic rings. The molecule has 2 aliphatic rings. The van der Waals surface area contributed by atoms with Crippen molar-refractivity contribution in [2.24, 2.45) is 10.4 Å². The predicted octanol–water partition coefficient (Wildman–Crippen LogP) is 16.3. The molecule has 0 aliphatic heterocycles. The number of allylic oxidation sites excluding steroid dienone is 2. The Labute approximate surface area is 364 Å². The lowest BCUT2D eigenvalue weighted by atomic mass is 9.69. The molecule has 2 heterocycles. The van der Waals surface area contributed by atoms with Crippen molar-refractivity contribution < 1.29 is 26.3 Å². The average molecular weight is 883 g/mol. The molecule has 4 aromatic carbocycles. The van der Waals surface area contributed by atoms with Crippen LogP contribution >= 0.6 is 22.7 Å². The van der Waals surface area contributed by atoms with Gasteiger partial charge in [0.2, 0.25) is 0 Å². The van der Waals surface area contributed by atoms with Gasteiger partial charge in [-0.25, -0.2) is 0 Å². The number of thiophene rings is 2. The third-order valence-electron chi connectivity index (χ3n) is 12.5. The molecular weight excluding hydrogens is 839 g/mol.